The van der Waals surface area contributed by atoms with E-state index in [9.17, 15) is 34.8 Å². The minimum Gasteiger partial charge on any atom is -0.476 e. The Morgan fingerprint density at radius 1 is 1.33 bits per heavy atom. The Labute approximate surface area is 167 Å². The predicted molar refractivity (Wildman–Crippen MR) is 88.9 cm³/mol. The molecule has 0 saturated carbocycles. The van der Waals surface area contributed by atoms with Gasteiger partial charge in [0.1, 0.15) is 18.3 Å². The van der Waals surface area contributed by atoms with Crippen LogP contribution in [0.15, 0.2) is 0 Å². The molecule has 1 fully saturated rings. The zero-order valence-corrected chi connectivity index (χ0v) is 16.0. The summed E-state index contributed by atoms with van der Waals surface area (Å²) in [4.78, 5) is 34.9. The van der Waals surface area contributed by atoms with Crippen LogP contribution in [-0.2, 0) is 23.9 Å². The number of halogens is 3. The van der Waals surface area contributed by atoms with Gasteiger partial charge in [0.2, 0.25) is 5.91 Å². The van der Waals surface area contributed by atoms with E-state index < -0.39 is 70.9 Å². The van der Waals surface area contributed by atoms with Crippen molar-refractivity contribution in [3.05, 3.63) is 0 Å². The van der Waals surface area contributed by atoms with Gasteiger partial charge in [-0.1, -0.05) is 34.8 Å². The highest BCUT2D eigenvalue weighted by Gasteiger charge is 2.58. The van der Waals surface area contributed by atoms with E-state index in [1.165, 1.54) is 0 Å². The molecule has 6 N–H and O–H groups in total. The number of carboxylic acid groups (broad SMARTS) is 1. The zero-order valence-electron chi connectivity index (χ0n) is 13.7. The molecule has 0 radical (unpaired) electrons. The molecule has 27 heavy (non-hydrogen) atoms. The molecule has 1 aliphatic heterocycles. The molecule has 156 valence electrons. The number of hydrogen-bond donors (Lipinski definition) is 6. The number of hydrogen-bond acceptors (Lipinski definition) is 9. The van der Waals surface area contributed by atoms with Crippen molar-refractivity contribution >= 4 is 52.6 Å². The fraction of sp³-hybridized carbons (Fsp3) is 0.769. The fourth-order valence-corrected chi connectivity index (χ4v) is 2.56. The normalized spacial score (nSPS) is 30.9. The van der Waals surface area contributed by atoms with E-state index in [0.29, 0.717) is 0 Å². The lowest BCUT2D eigenvalue weighted by atomic mass is 9.88. The van der Waals surface area contributed by atoms with Crippen LogP contribution in [-0.4, -0.2) is 90.0 Å². The minimum absolute atomic E-state index is 0.681. The van der Waals surface area contributed by atoms with Crippen LogP contribution in [0.4, 0.5) is 0 Å². The van der Waals surface area contributed by atoms with Crippen LogP contribution in [0, 0.1) is 0 Å². The highest BCUT2D eigenvalue weighted by Crippen LogP contribution is 2.37. The minimum atomic E-state index is -2.91. The molecule has 0 aromatic carbocycles. The Morgan fingerprint density at radius 2 is 1.89 bits per heavy atom. The summed E-state index contributed by atoms with van der Waals surface area (Å²) in [6.45, 7) is 0.110. The second-order valence-electron chi connectivity index (χ2n) is 5.77. The first kappa shape index (κ1) is 24.1. The largest absolute Gasteiger partial charge is 0.476 e. The van der Waals surface area contributed by atoms with Gasteiger partial charge in [-0.3, -0.25) is 4.79 Å². The van der Waals surface area contributed by atoms with Crippen LogP contribution in [0.5, 0.6) is 0 Å². The molecule has 0 aliphatic carbocycles. The smallest absolute Gasteiger partial charge is 0.377 e. The molecule has 1 amide bonds. The lowest BCUT2D eigenvalue weighted by Gasteiger charge is -2.46. The van der Waals surface area contributed by atoms with Gasteiger partial charge < -0.3 is 40.3 Å². The van der Waals surface area contributed by atoms with Gasteiger partial charge >= 0.3 is 17.7 Å². The zero-order chi connectivity index (χ0) is 21.2. The molecular weight excluding hydrogens is 436 g/mol. The third-order valence-corrected chi connectivity index (χ3v) is 4.14. The van der Waals surface area contributed by atoms with Crippen LogP contribution < -0.4 is 5.32 Å². The first-order chi connectivity index (χ1) is 12.2. The number of aliphatic carboxylic acids is 1. The van der Waals surface area contributed by atoms with Crippen LogP contribution in [0.25, 0.3) is 0 Å². The van der Waals surface area contributed by atoms with Crippen LogP contribution in [0.1, 0.15) is 13.3 Å². The van der Waals surface area contributed by atoms with E-state index >= 15 is 0 Å². The first-order valence-corrected chi connectivity index (χ1v) is 8.52. The SMILES string of the molecule is CC(=O)N[C@H]1[C@H]([C@H](O)[C@H](O)CO)O[C@](OC(=O)C(Cl)(Cl)Cl)(C(=O)O)C[C@@H]1O. The Bertz CT molecular complexity index is 585. The molecule has 1 aliphatic rings. The monoisotopic (exact) mass is 453 g/mol. The van der Waals surface area contributed by atoms with Crippen LogP contribution in [0.2, 0.25) is 0 Å². The van der Waals surface area contributed by atoms with E-state index in [2.05, 4.69) is 10.1 Å². The number of carboxylic acids is 1. The highest BCUT2D eigenvalue weighted by molar-refractivity contribution is 6.75. The summed E-state index contributed by atoms with van der Waals surface area (Å²) in [5.74, 6) is -7.15. The molecule has 0 unspecified atom stereocenters. The van der Waals surface area contributed by atoms with Crippen molar-refractivity contribution in [1.29, 1.82) is 0 Å². The first-order valence-electron chi connectivity index (χ1n) is 7.38. The van der Waals surface area contributed by atoms with Gasteiger partial charge in [-0.15, -0.1) is 0 Å². The summed E-state index contributed by atoms with van der Waals surface area (Å²) in [6, 6.07) is -1.42. The molecular formula is C13H18Cl3NO10. The molecule has 1 rings (SSSR count). The van der Waals surface area contributed by atoms with Gasteiger partial charge in [0.15, 0.2) is 0 Å². The number of aliphatic hydroxyl groups is 4. The molecule has 14 heteroatoms. The summed E-state index contributed by atoms with van der Waals surface area (Å²) in [5, 5.41) is 50.8. The van der Waals surface area contributed by atoms with Gasteiger partial charge in [-0.25, -0.2) is 9.59 Å². The van der Waals surface area contributed by atoms with Crippen molar-refractivity contribution in [3.63, 3.8) is 0 Å². The number of nitrogens with one attached hydrogen (secondary N) is 1. The van der Waals surface area contributed by atoms with Crippen molar-refractivity contribution in [2.45, 2.75) is 53.4 Å². The number of alkyl halides is 3. The van der Waals surface area contributed by atoms with Gasteiger partial charge in [0.25, 0.3) is 3.79 Å². The number of ether oxygens (including phenoxy) is 2. The number of amides is 1. The summed E-state index contributed by atoms with van der Waals surface area (Å²) in [7, 11) is 0. The van der Waals surface area contributed by atoms with E-state index in [-0.39, 0.29) is 0 Å². The second kappa shape index (κ2) is 9.05. The third kappa shape index (κ3) is 5.78. The molecule has 0 aromatic rings. The summed E-state index contributed by atoms with van der Waals surface area (Å²) in [6.07, 6.45) is -8.29. The molecule has 6 atom stereocenters. The lowest BCUT2D eigenvalue weighted by molar-refractivity contribution is -0.301. The summed E-state index contributed by atoms with van der Waals surface area (Å²) in [5.41, 5.74) is 0. The number of aliphatic hydroxyl groups excluding tert-OH is 4. The lowest BCUT2D eigenvalue weighted by Crippen LogP contribution is -2.68. The van der Waals surface area contributed by atoms with Crippen molar-refractivity contribution in [1.82, 2.24) is 5.32 Å². The van der Waals surface area contributed by atoms with E-state index in [1.807, 2.05) is 0 Å². The summed E-state index contributed by atoms with van der Waals surface area (Å²) >= 11 is 16.0. The number of rotatable bonds is 6. The molecule has 1 heterocycles. The van der Waals surface area contributed by atoms with Crippen molar-refractivity contribution in [2.75, 3.05) is 6.61 Å². The van der Waals surface area contributed by atoms with Crippen molar-refractivity contribution < 1.29 is 49.4 Å². The third-order valence-electron chi connectivity index (χ3n) is 3.68. The van der Waals surface area contributed by atoms with Crippen molar-refractivity contribution in [3.8, 4) is 0 Å². The quantitative estimate of drug-likeness (QED) is 0.195. The van der Waals surface area contributed by atoms with Gasteiger partial charge in [-0.2, -0.15) is 0 Å². The highest BCUT2D eigenvalue weighted by atomic mass is 35.6. The Hall–Kier alpha value is -0.920. The Kier molecular flexibility index (Phi) is 8.09. The Morgan fingerprint density at radius 3 is 2.30 bits per heavy atom. The van der Waals surface area contributed by atoms with Crippen molar-refractivity contribution in [2.24, 2.45) is 0 Å². The Balaban J connectivity index is 3.31. The standard InChI is InChI=1S/C13H18Cl3NO10/c1-4(19)17-7-5(20)2-12(10(23)24,27-11(25)13(14,15)16)26-9(7)8(22)6(21)3-18/h5-9,18,20-22H,2-3H2,1H3,(H,17,19)(H,23,24)/t5-,6+,7+,8+,9+,12+/m0/s1. The van der Waals surface area contributed by atoms with E-state index in [4.69, 9.17) is 44.6 Å². The van der Waals surface area contributed by atoms with E-state index in [0.717, 1.165) is 6.92 Å². The topological polar surface area (TPSA) is 183 Å². The maximum absolute atomic E-state index is 11.8. The van der Waals surface area contributed by atoms with E-state index in [1.54, 1.807) is 0 Å². The number of carbonyl (C=O) groups is 3. The molecule has 1 saturated heterocycles. The second-order valence-corrected chi connectivity index (χ2v) is 8.05. The average molecular weight is 455 g/mol. The molecule has 0 bridgehead atoms. The molecule has 0 aromatic heterocycles. The van der Waals surface area contributed by atoms with Gasteiger partial charge in [-0.05, 0) is 0 Å². The molecule has 11 nitrogen and oxygen atoms in total. The maximum atomic E-state index is 11.8. The molecule has 0 spiro atoms. The van der Waals surface area contributed by atoms with Gasteiger partial charge in [0, 0.05) is 6.92 Å². The number of esters is 1. The average Bonchev–Trinajstić information content (AvgIpc) is 2.54. The van der Waals surface area contributed by atoms with Crippen LogP contribution in [0.3, 0.4) is 0 Å². The van der Waals surface area contributed by atoms with Crippen LogP contribution >= 0.6 is 34.8 Å². The predicted octanol–water partition coefficient (Wildman–Crippen LogP) is -1.95. The fourth-order valence-electron chi connectivity index (χ4n) is 2.44. The maximum Gasteiger partial charge on any atom is 0.377 e. The van der Waals surface area contributed by atoms with Gasteiger partial charge in [0.05, 0.1) is 25.2 Å². The number of carbonyl (C=O) groups excluding carboxylic acids is 2. The summed E-state index contributed by atoms with van der Waals surface area (Å²) < 4.78 is 7.12.